The molecule has 2 N–H and O–H groups in total. The van der Waals surface area contributed by atoms with Gasteiger partial charge in [-0.15, -0.1) is 0 Å². The first-order valence-corrected chi connectivity index (χ1v) is 12.6. The SMILES string of the molecule is Cc1ccc(C(C(=O)Nc2ccccc2C)N(C(=O)C(CS)NC(=O)OC(C)(C)C)C(C)(C)C)cc1. The minimum absolute atomic E-state index is 0.0324. The van der Waals surface area contributed by atoms with Gasteiger partial charge in [-0.05, 0) is 72.6 Å². The van der Waals surface area contributed by atoms with Crippen LogP contribution in [0.3, 0.4) is 0 Å². The van der Waals surface area contributed by atoms with Gasteiger partial charge in [0.1, 0.15) is 17.7 Å². The van der Waals surface area contributed by atoms with Crippen molar-refractivity contribution in [1.29, 1.82) is 0 Å². The fourth-order valence-electron chi connectivity index (χ4n) is 3.73. The summed E-state index contributed by atoms with van der Waals surface area (Å²) in [5.41, 5.74) is 1.76. The summed E-state index contributed by atoms with van der Waals surface area (Å²) in [6.07, 6.45) is -0.722. The van der Waals surface area contributed by atoms with E-state index in [1.54, 1.807) is 20.8 Å². The fraction of sp³-hybridized carbons (Fsp3) is 0.464. The number of benzene rings is 2. The number of carbonyl (C=O) groups is 3. The van der Waals surface area contributed by atoms with E-state index in [4.69, 9.17) is 4.74 Å². The average molecular weight is 514 g/mol. The third kappa shape index (κ3) is 8.01. The Morgan fingerprint density at radius 2 is 1.53 bits per heavy atom. The monoisotopic (exact) mass is 513 g/mol. The summed E-state index contributed by atoms with van der Waals surface area (Å²) in [6, 6.07) is 13.0. The lowest BCUT2D eigenvalue weighted by Gasteiger charge is -2.43. The number of nitrogens with zero attached hydrogens (tertiary/aromatic N) is 1. The highest BCUT2D eigenvalue weighted by atomic mass is 32.1. The van der Waals surface area contributed by atoms with Crippen molar-refractivity contribution in [1.82, 2.24) is 10.2 Å². The summed E-state index contributed by atoms with van der Waals surface area (Å²) in [7, 11) is 0. The third-order valence-electron chi connectivity index (χ3n) is 5.43. The van der Waals surface area contributed by atoms with Crippen LogP contribution in [-0.4, -0.2) is 45.7 Å². The molecule has 0 bridgehead atoms. The number of ether oxygens (including phenoxy) is 1. The van der Waals surface area contributed by atoms with E-state index in [2.05, 4.69) is 23.3 Å². The summed E-state index contributed by atoms with van der Waals surface area (Å²) in [6.45, 7) is 14.7. The van der Waals surface area contributed by atoms with Crippen LogP contribution in [0.1, 0.15) is 64.3 Å². The normalized spacial score (nSPS) is 13.4. The quantitative estimate of drug-likeness (QED) is 0.431. The molecule has 36 heavy (non-hydrogen) atoms. The van der Waals surface area contributed by atoms with Crippen LogP contribution in [0, 0.1) is 13.8 Å². The Balaban J connectivity index is 2.52. The van der Waals surface area contributed by atoms with Crippen molar-refractivity contribution in [2.45, 2.75) is 78.6 Å². The van der Waals surface area contributed by atoms with Gasteiger partial charge in [0.2, 0.25) is 5.91 Å². The molecule has 2 aromatic rings. The number of hydrogen-bond acceptors (Lipinski definition) is 5. The number of thiol groups is 1. The second-order valence-electron chi connectivity index (χ2n) is 10.9. The van der Waals surface area contributed by atoms with Crippen LogP contribution in [0.2, 0.25) is 0 Å². The molecule has 196 valence electrons. The third-order valence-corrected chi connectivity index (χ3v) is 5.80. The number of hydrogen-bond donors (Lipinski definition) is 3. The highest BCUT2D eigenvalue weighted by Crippen LogP contribution is 2.31. The van der Waals surface area contributed by atoms with Gasteiger partial charge in [0, 0.05) is 17.0 Å². The molecule has 2 aromatic carbocycles. The molecule has 0 saturated heterocycles. The molecule has 0 radical (unpaired) electrons. The van der Waals surface area contributed by atoms with Crippen molar-refractivity contribution in [2.75, 3.05) is 11.1 Å². The van der Waals surface area contributed by atoms with Crippen LogP contribution in [0.4, 0.5) is 10.5 Å². The zero-order valence-corrected chi connectivity index (χ0v) is 23.4. The Bertz CT molecular complexity index is 1070. The van der Waals surface area contributed by atoms with Gasteiger partial charge < -0.3 is 20.3 Å². The van der Waals surface area contributed by atoms with Gasteiger partial charge in [-0.2, -0.15) is 12.6 Å². The maximum Gasteiger partial charge on any atom is 0.408 e. The van der Waals surface area contributed by atoms with E-state index in [0.29, 0.717) is 11.3 Å². The van der Waals surface area contributed by atoms with E-state index in [-0.39, 0.29) is 11.7 Å². The van der Waals surface area contributed by atoms with Crippen molar-refractivity contribution in [3.8, 4) is 0 Å². The van der Waals surface area contributed by atoms with Crippen molar-refractivity contribution in [3.05, 3.63) is 65.2 Å². The van der Waals surface area contributed by atoms with Crippen molar-refractivity contribution in [3.63, 3.8) is 0 Å². The Morgan fingerprint density at radius 1 is 0.944 bits per heavy atom. The average Bonchev–Trinajstić information content (AvgIpc) is 2.75. The van der Waals surface area contributed by atoms with Gasteiger partial charge >= 0.3 is 6.09 Å². The van der Waals surface area contributed by atoms with Crippen LogP contribution in [0.5, 0.6) is 0 Å². The van der Waals surface area contributed by atoms with E-state index >= 15 is 0 Å². The summed E-state index contributed by atoms with van der Waals surface area (Å²) >= 11 is 4.33. The number of para-hydroxylation sites is 1. The van der Waals surface area contributed by atoms with Crippen LogP contribution in [-0.2, 0) is 14.3 Å². The van der Waals surface area contributed by atoms with E-state index in [9.17, 15) is 14.4 Å². The van der Waals surface area contributed by atoms with Crippen LogP contribution < -0.4 is 10.6 Å². The zero-order chi connectivity index (χ0) is 27.3. The lowest BCUT2D eigenvalue weighted by molar-refractivity contribution is -0.146. The summed E-state index contributed by atoms with van der Waals surface area (Å²) in [4.78, 5) is 41.8. The Morgan fingerprint density at radius 3 is 2.03 bits per heavy atom. The Kier molecular flexibility index (Phi) is 9.60. The van der Waals surface area contributed by atoms with Gasteiger partial charge in [-0.3, -0.25) is 9.59 Å². The van der Waals surface area contributed by atoms with Crippen LogP contribution in [0.25, 0.3) is 0 Å². The predicted octanol–water partition coefficient (Wildman–Crippen LogP) is 5.43. The van der Waals surface area contributed by atoms with E-state index in [1.165, 1.54) is 4.90 Å². The molecule has 0 heterocycles. The largest absolute Gasteiger partial charge is 0.444 e. The molecule has 2 atom stereocenters. The van der Waals surface area contributed by atoms with Crippen LogP contribution in [0.15, 0.2) is 48.5 Å². The topological polar surface area (TPSA) is 87.7 Å². The number of amides is 3. The molecule has 8 heteroatoms. The van der Waals surface area contributed by atoms with Crippen molar-refractivity contribution < 1.29 is 19.1 Å². The highest BCUT2D eigenvalue weighted by Gasteiger charge is 2.41. The zero-order valence-electron chi connectivity index (χ0n) is 22.5. The fourth-order valence-corrected chi connectivity index (χ4v) is 3.98. The number of carbonyl (C=O) groups excluding carboxylic acids is 3. The summed E-state index contributed by atoms with van der Waals surface area (Å²) < 4.78 is 5.35. The number of rotatable bonds is 7. The minimum Gasteiger partial charge on any atom is -0.444 e. The minimum atomic E-state index is -0.999. The smallest absolute Gasteiger partial charge is 0.408 e. The number of nitrogens with one attached hydrogen (secondary N) is 2. The van der Waals surface area contributed by atoms with Crippen molar-refractivity contribution >= 4 is 36.2 Å². The molecular weight excluding hydrogens is 474 g/mol. The van der Waals surface area contributed by atoms with Crippen molar-refractivity contribution in [2.24, 2.45) is 0 Å². The second-order valence-corrected chi connectivity index (χ2v) is 11.2. The van der Waals surface area contributed by atoms with Gasteiger partial charge in [0.25, 0.3) is 5.91 Å². The molecule has 2 unspecified atom stereocenters. The number of aryl methyl sites for hydroxylation is 2. The van der Waals surface area contributed by atoms with E-state index in [0.717, 1.165) is 11.1 Å². The predicted molar refractivity (Wildman–Crippen MR) is 147 cm³/mol. The first-order valence-electron chi connectivity index (χ1n) is 12.0. The Hall–Kier alpha value is -3.00. The highest BCUT2D eigenvalue weighted by molar-refractivity contribution is 7.80. The molecule has 0 saturated carbocycles. The maximum absolute atomic E-state index is 14.0. The standard InChI is InChI=1S/C28H39N3O4S/c1-18-13-15-20(16-14-18)23(24(32)29-21-12-10-9-11-19(21)2)31(27(3,4)5)25(33)22(17-36)30-26(34)35-28(6,7)8/h9-16,22-23,36H,17H2,1-8H3,(H,29,32)(H,30,34). The van der Waals surface area contributed by atoms with Gasteiger partial charge in [0.05, 0.1) is 0 Å². The first-order chi connectivity index (χ1) is 16.6. The second kappa shape index (κ2) is 11.8. The lowest BCUT2D eigenvalue weighted by atomic mass is 9.95. The molecule has 0 aliphatic heterocycles. The molecule has 0 spiro atoms. The molecule has 3 amide bonds. The molecule has 0 aliphatic rings. The summed E-state index contributed by atoms with van der Waals surface area (Å²) in [5, 5.41) is 5.62. The molecular formula is C28H39N3O4S. The lowest BCUT2D eigenvalue weighted by Crippen LogP contribution is -2.58. The summed E-state index contributed by atoms with van der Waals surface area (Å²) in [5.74, 6) is -0.759. The van der Waals surface area contributed by atoms with E-state index < -0.39 is 35.2 Å². The number of alkyl carbamates (subject to hydrolysis) is 1. The molecule has 2 rings (SSSR count). The number of anilines is 1. The Labute approximate surface area is 220 Å². The van der Waals surface area contributed by atoms with Gasteiger partial charge in [-0.25, -0.2) is 4.79 Å². The van der Waals surface area contributed by atoms with E-state index in [1.807, 2.05) is 83.1 Å². The van der Waals surface area contributed by atoms with Gasteiger partial charge in [0.15, 0.2) is 0 Å². The molecule has 0 aromatic heterocycles. The van der Waals surface area contributed by atoms with Crippen LogP contribution >= 0.6 is 12.6 Å². The molecule has 0 fully saturated rings. The maximum atomic E-state index is 14.0. The van der Waals surface area contributed by atoms with Gasteiger partial charge in [-0.1, -0.05) is 48.0 Å². The molecule has 0 aliphatic carbocycles. The first kappa shape index (κ1) is 29.2. The molecule has 7 nitrogen and oxygen atoms in total.